The molecule has 0 spiro atoms. The summed E-state index contributed by atoms with van der Waals surface area (Å²) < 4.78 is 27.8. The van der Waals surface area contributed by atoms with Crippen molar-refractivity contribution in [3.05, 3.63) is 72.6 Å². The summed E-state index contributed by atoms with van der Waals surface area (Å²) in [6, 6.07) is 17.4. The number of nitrogens with zero attached hydrogens (tertiary/aromatic N) is 1. The average molecular weight is 384 g/mol. The van der Waals surface area contributed by atoms with Crippen molar-refractivity contribution in [3.63, 3.8) is 0 Å². The number of hydrogen-bond donors (Lipinski definition) is 2. The van der Waals surface area contributed by atoms with Crippen molar-refractivity contribution in [1.82, 2.24) is 15.0 Å². The van der Waals surface area contributed by atoms with Gasteiger partial charge in [0.1, 0.15) is 0 Å². The lowest BCUT2D eigenvalue weighted by Crippen LogP contribution is -2.32. The zero-order valence-electron chi connectivity index (χ0n) is 15.3. The van der Waals surface area contributed by atoms with Crippen LogP contribution in [-0.2, 0) is 16.4 Å². The molecule has 0 radical (unpaired) electrons. The maximum Gasteiger partial charge on any atom is 0.241 e. The zero-order valence-corrected chi connectivity index (χ0v) is 16.1. The summed E-state index contributed by atoms with van der Waals surface area (Å²) in [5.41, 5.74) is 1.36. The topological polar surface area (TPSA) is 71.1 Å². The minimum atomic E-state index is -3.54. The van der Waals surface area contributed by atoms with E-state index in [-0.39, 0.29) is 0 Å². The highest BCUT2D eigenvalue weighted by molar-refractivity contribution is 7.89. The molecule has 3 aromatic rings. The van der Waals surface area contributed by atoms with Crippen molar-refractivity contribution >= 4 is 20.8 Å². The number of hydrogen-bond acceptors (Lipinski definition) is 4. The number of fused-ring (bicyclic) bond motifs is 1. The Hall–Kier alpha value is -2.28. The van der Waals surface area contributed by atoms with Crippen molar-refractivity contribution in [3.8, 4) is 0 Å². The van der Waals surface area contributed by atoms with E-state index in [0.717, 1.165) is 31.2 Å². The molecule has 0 atom stereocenters. The molecule has 142 valence electrons. The first kappa shape index (κ1) is 19.5. The van der Waals surface area contributed by atoms with Crippen LogP contribution in [-0.4, -0.2) is 33.0 Å². The molecule has 2 aromatic carbocycles. The van der Waals surface area contributed by atoms with E-state index < -0.39 is 10.0 Å². The second-order valence-electron chi connectivity index (χ2n) is 6.44. The van der Waals surface area contributed by atoms with Gasteiger partial charge in [0.2, 0.25) is 10.0 Å². The summed E-state index contributed by atoms with van der Waals surface area (Å²) in [6.45, 7) is 1.86. The Bertz CT molecular complexity index is 954. The summed E-state index contributed by atoms with van der Waals surface area (Å²) in [6.07, 6.45) is 6.54. The number of pyridine rings is 1. The molecule has 0 aliphatic carbocycles. The van der Waals surface area contributed by atoms with E-state index in [0.29, 0.717) is 23.4 Å². The van der Waals surface area contributed by atoms with Crippen molar-refractivity contribution in [2.24, 2.45) is 0 Å². The summed E-state index contributed by atoms with van der Waals surface area (Å²) in [7, 11) is -3.54. The van der Waals surface area contributed by atoms with Gasteiger partial charge in [0.05, 0.1) is 4.90 Å². The quantitative estimate of drug-likeness (QED) is 0.528. The van der Waals surface area contributed by atoms with Crippen molar-refractivity contribution in [2.75, 3.05) is 19.6 Å². The predicted molar refractivity (Wildman–Crippen MR) is 109 cm³/mol. The highest BCUT2D eigenvalue weighted by Gasteiger charge is 2.16. The van der Waals surface area contributed by atoms with Gasteiger partial charge in [0.15, 0.2) is 0 Å². The summed E-state index contributed by atoms with van der Waals surface area (Å²) >= 11 is 0. The van der Waals surface area contributed by atoms with Gasteiger partial charge in [-0.05, 0) is 43.5 Å². The third-order valence-electron chi connectivity index (χ3n) is 4.44. The lowest BCUT2D eigenvalue weighted by Gasteiger charge is -2.10. The molecular formula is C21H25N3O2S. The Kier molecular flexibility index (Phi) is 6.92. The highest BCUT2D eigenvalue weighted by atomic mass is 32.2. The van der Waals surface area contributed by atoms with Crippen LogP contribution >= 0.6 is 0 Å². The van der Waals surface area contributed by atoms with Gasteiger partial charge in [-0.3, -0.25) is 4.98 Å². The van der Waals surface area contributed by atoms with Gasteiger partial charge in [0, 0.05) is 36.3 Å². The van der Waals surface area contributed by atoms with Gasteiger partial charge in [-0.25, -0.2) is 13.1 Å². The second kappa shape index (κ2) is 9.60. The van der Waals surface area contributed by atoms with E-state index in [2.05, 4.69) is 39.3 Å². The molecule has 1 aromatic heterocycles. The lowest BCUT2D eigenvalue weighted by molar-refractivity contribution is 0.572. The summed E-state index contributed by atoms with van der Waals surface area (Å²) in [5, 5.41) is 4.80. The standard InChI is InChI=1S/C21H25N3O2S/c25-27(26,21-11-6-10-19-17-23-14-12-20(19)21)24-16-15-22-13-5-4-9-18-7-2-1-3-8-18/h1-3,6-8,10-12,14,17,22,24H,4-5,9,13,15-16H2. The van der Waals surface area contributed by atoms with Crippen LogP contribution in [0.3, 0.4) is 0 Å². The molecule has 6 heteroatoms. The summed E-state index contributed by atoms with van der Waals surface area (Å²) in [4.78, 5) is 4.34. The normalized spacial score (nSPS) is 11.7. The lowest BCUT2D eigenvalue weighted by atomic mass is 10.1. The number of sulfonamides is 1. The third kappa shape index (κ3) is 5.60. The number of unbranched alkanes of at least 4 members (excludes halogenated alkanes) is 1. The minimum absolute atomic E-state index is 0.297. The molecule has 2 N–H and O–H groups in total. The number of aromatic nitrogens is 1. The number of aryl methyl sites for hydroxylation is 1. The van der Waals surface area contributed by atoms with E-state index in [1.165, 1.54) is 5.56 Å². The van der Waals surface area contributed by atoms with Gasteiger partial charge < -0.3 is 5.32 Å². The van der Waals surface area contributed by atoms with E-state index in [4.69, 9.17) is 0 Å². The minimum Gasteiger partial charge on any atom is -0.315 e. The van der Waals surface area contributed by atoms with Crippen LogP contribution in [0, 0.1) is 0 Å². The first-order chi connectivity index (χ1) is 13.2. The van der Waals surface area contributed by atoms with Crippen LogP contribution in [0.1, 0.15) is 18.4 Å². The van der Waals surface area contributed by atoms with Crippen molar-refractivity contribution < 1.29 is 8.42 Å². The van der Waals surface area contributed by atoms with Crippen LogP contribution in [0.15, 0.2) is 71.9 Å². The molecule has 0 saturated heterocycles. The molecule has 0 saturated carbocycles. The highest BCUT2D eigenvalue weighted by Crippen LogP contribution is 2.21. The molecule has 5 nitrogen and oxygen atoms in total. The Morgan fingerprint density at radius 2 is 1.70 bits per heavy atom. The van der Waals surface area contributed by atoms with Crippen LogP contribution in [0.2, 0.25) is 0 Å². The predicted octanol–water partition coefficient (Wildman–Crippen LogP) is 3.13. The van der Waals surface area contributed by atoms with Crippen LogP contribution in [0.5, 0.6) is 0 Å². The zero-order chi connectivity index (χ0) is 19.0. The Morgan fingerprint density at radius 3 is 2.56 bits per heavy atom. The monoisotopic (exact) mass is 383 g/mol. The Morgan fingerprint density at radius 1 is 0.852 bits per heavy atom. The van der Waals surface area contributed by atoms with Gasteiger partial charge in [-0.2, -0.15) is 0 Å². The first-order valence-corrected chi connectivity index (χ1v) is 10.7. The fourth-order valence-corrected chi connectivity index (χ4v) is 4.29. The van der Waals surface area contributed by atoms with E-state index >= 15 is 0 Å². The SMILES string of the molecule is O=S(=O)(NCCNCCCCc1ccccc1)c1cccc2cnccc12. The molecule has 0 amide bonds. The molecule has 0 aliphatic rings. The van der Waals surface area contributed by atoms with Gasteiger partial charge >= 0.3 is 0 Å². The summed E-state index contributed by atoms with van der Waals surface area (Å²) in [5.74, 6) is 0. The Balaban J connectivity index is 1.39. The van der Waals surface area contributed by atoms with E-state index in [9.17, 15) is 8.42 Å². The largest absolute Gasteiger partial charge is 0.315 e. The number of rotatable bonds is 10. The average Bonchev–Trinajstić information content (AvgIpc) is 2.70. The number of benzene rings is 2. The molecule has 3 rings (SSSR count). The molecular weight excluding hydrogens is 358 g/mol. The van der Waals surface area contributed by atoms with E-state index in [1.54, 1.807) is 30.6 Å². The number of nitrogens with one attached hydrogen (secondary N) is 2. The molecule has 0 unspecified atom stereocenters. The van der Waals surface area contributed by atoms with Crippen LogP contribution in [0.25, 0.3) is 10.8 Å². The van der Waals surface area contributed by atoms with Gasteiger partial charge in [0.25, 0.3) is 0 Å². The maximum absolute atomic E-state index is 12.6. The molecule has 0 aliphatic heterocycles. The van der Waals surface area contributed by atoms with Gasteiger partial charge in [-0.1, -0.05) is 42.5 Å². The molecule has 27 heavy (non-hydrogen) atoms. The maximum atomic E-state index is 12.6. The van der Waals surface area contributed by atoms with Crippen LogP contribution in [0.4, 0.5) is 0 Å². The fourth-order valence-electron chi connectivity index (χ4n) is 3.03. The van der Waals surface area contributed by atoms with Crippen molar-refractivity contribution in [2.45, 2.75) is 24.2 Å². The molecule has 0 fully saturated rings. The molecule has 1 heterocycles. The fraction of sp³-hybridized carbons (Fsp3) is 0.286. The van der Waals surface area contributed by atoms with Crippen molar-refractivity contribution in [1.29, 1.82) is 0 Å². The molecule has 0 bridgehead atoms. The second-order valence-corrected chi connectivity index (χ2v) is 8.18. The smallest absolute Gasteiger partial charge is 0.241 e. The Labute approximate surface area is 160 Å². The van der Waals surface area contributed by atoms with E-state index in [1.807, 2.05) is 12.1 Å². The third-order valence-corrected chi connectivity index (χ3v) is 5.96. The van der Waals surface area contributed by atoms with Crippen LogP contribution < -0.4 is 10.0 Å². The first-order valence-electron chi connectivity index (χ1n) is 9.24. The van der Waals surface area contributed by atoms with Gasteiger partial charge in [-0.15, -0.1) is 0 Å².